The highest BCUT2D eigenvalue weighted by molar-refractivity contribution is 7.23. The summed E-state index contributed by atoms with van der Waals surface area (Å²) in [4.78, 5) is 42.1. The molecular formula is C25H22N4O6S. The first-order chi connectivity index (χ1) is 17.4. The third-order valence-corrected chi connectivity index (χ3v) is 7.95. The molecule has 36 heavy (non-hydrogen) atoms. The number of carbonyl (C=O) groups is 2. The van der Waals surface area contributed by atoms with E-state index >= 15 is 0 Å². The van der Waals surface area contributed by atoms with E-state index in [0.29, 0.717) is 59.1 Å². The Kier molecular flexibility index (Phi) is 5.11. The number of aromatic amines is 1. The van der Waals surface area contributed by atoms with Crippen molar-refractivity contribution in [2.24, 2.45) is 0 Å². The van der Waals surface area contributed by atoms with Crippen LogP contribution in [-0.4, -0.2) is 52.5 Å². The average Bonchev–Trinajstić information content (AvgIpc) is 3.46. The zero-order chi connectivity index (χ0) is 25.0. The number of carbonyl (C=O) groups excluding carboxylic acids is 2. The van der Waals surface area contributed by atoms with Gasteiger partial charge in [0.2, 0.25) is 0 Å². The minimum absolute atomic E-state index is 0.0520. The maximum atomic E-state index is 13.5. The van der Waals surface area contributed by atoms with Crippen LogP contribution in [0.3, 0.4) is 0 Å². The van der Waals surface area contributed by atoms with E-state index in [9.17, 15) is 14.4 Å². The third-order valence-electron chi connectivity index (χ3n) is 6.91. The molecule has 4 aromatic rings. The molecule has 0 radical (unpaired) electrons. The number of nitrogens with two attached hydrogens (primary N) is 1. The molecule has 6 rings (SSSR count). The number of likely N-dealkylation sites (tertiary alicyclic amines) is 1. The number of nitrogen functional groups attached to an aromatic ring is 1. The van der Waals surface area contributed by atoms with Gasteiger partial charge >= 0.3 is 5.76 Å². The van der Waals surface area contributed by atoms with Gasteiger partial charge in [0.1, 0.15) is 17.1 Å². The summed E-state index contributed by atoms with van der Waals surface area (Å²) in [6.07, 6.45) is 1.25. The normalized spacial score (nSPS) is 16.7. The monoisotopic (exact) mass is 506 g/mol. The lowest BCUT2D eigenvalue weighted by Crippen LogP contribution is -2.52. The SMILES string of the molecule is COc1cccc2c(C(=O)N3CCC4(CC3)CC(=O)c3cc(-c5noc(=O)[nH]5)ccc3O4)c(N)sc12. The summed E-state index contributed by atoms with van der Waals surface area (Å²) in [6, 6.07) is 10.7. The highest BCUT2D eigenvalue weighted by atomic mass is 32.1. The summed E-state index contributed by atoms with van der Waals surface area (Å²) >= 11 is 1.34. The van der Waals surface area contributed by atoms with Crippen LogP contribution in [0.1, 0.15) is 40.0 Å². The number of nitrogens with one attached hydrogen (secondary N) is 1. The fourth-order valence-electron chi connectivity index (χ4n) is 5.04. The smallest absolute Gasteiger partial charge is 0.439 e. The summed E-state index contributed by atoms with van der Waals surface area (Å²) < 4.78 is 17.2. The van der Waals surface area contributed by atoms with Crippen molar-refractivity contribution < 1.29 is 23.6 Å². The first kappa shape index (κ1) is 22.4. The lowest BCUT2D eigenvalue weighted by atomic mass is 9.82. The fourth-order valence-corrected chi connectivity index (χ4v) is 6.09. The predicted molar refractivity (Wildman–Crippen MR) is 133 cm³/mol. The van der Waals surface area contributed by atoms with E-state index in [1.54, 1.807) is 30.2 Å². The number of piperidine rings is 1. The average molecular weight is 507 g/mol. The van der Waals surface area contributed by atoms with Gasteiger partial charge in [-0.1, -0.05) is 17.3 Å². The summed E-state index contributed by atoms with van der Waals surface area (Å²) in [5, 5.41) is 4.92. The Labute approximate surface area is 208 Å². The number of Topliss-reactive ketones (excluding diaryl/α,β-unsaturated/α-hetero) is 1. The van der Waals surface area contributed by atoms with Gasteiger partial charge in [-0.05, 0) is 24.3 Å². The van der Waals surface area contributed by atoms with Crippen molar-refractivity contribution in [3.8, 4) is 22.9 Å². The predicted octanol–water partition coefficient (Wildman–Crippen LogP) is 3.48. The van der Waals surface area contributed by atoms with Crippen molar-refractivity contribution in [1.82, 2.24) is 15.0 Å². The zero-order valence-electron chi connectivity index (χ0n) is 19.3. The van der Waals surface area contributed by atoms with Crippen molar-refractivity contribution in [3.63, 3.8) is 0 Å². The van der Waals surface area contributed by atoms with E-state index in [1.807, 2.05) is 18.2 Å². The quantitative estimate of drug-likeness (QED) is 0.430. The molecule has 4 heterocycles. The number of H-pyrrole nitrogens is 1. The van der Waals surface area contributed by atoms with Crippen LogP contribution in [0.5, 0.6) is 11.5 Å². The van der Waals surface area contributed by atoms with E-state index in [0.717, 1.165) is 10.1 Å². The third kappa shape index (κ3) is 3.54. The molecule has 3 N–H and O–H groups in total. The molecule has 2 aromatic carbocycles. The van der Waals surface area contributed by atoms with Crippen LogP contribution in [-0.2, 0) is 0 Å². The minimum Gasteiger partial charge on any atom is -0.495 e. The van der Waals surface area contributed by atoms with Crippen LogP contribution in [0, 0.1) is 0 Å². The lowest BCUT2D eigenvalue weighted by molar-refractivity contribution is -0.00561. The molecule has 11 heteroatoms. The molecule has 0 atom stereocenters. The van der Waals surface area contributed by atoms with E-state index < -0.39 is 11.4 Å². The van der Waals surface area contributed by atoms with Crippen LogP contribution < -0.4 is 21.0 Å². The van der Waals surface area contributed by atoms with Gasteiger partial charge in [-0.2, -0.15) is 0 Å². The highest BCUT2D eigenvalue weighted by Gasteiger charge is 2.44. The molecule has 0 saturated carbocycles. The number of anilines is 1. The molecule has 0 bridgehead atoms. The number of amides is 1. The van der Waals surface area contributed by atoms with Gasteiger partial charge in [0.15, 0.2) is 11.6 Å². The second-order valence-corrected chi connectivity index (χ2v) is 10.1. The standard InChI is InChI=1S/C25H22N4O6S/c1-33-18-4-2-3-14-19(21(26)36-20(14)18)23(31)29-9-7-25(8-10-29)12-16(30)15-11-13(5-6-17(15)34-25)22-27-24(32)35-28-22/h2-6,11H,7-10,12,26H2,1H3,(H,27,28,32). The number of aromatic nitrogens is 2. The summed E-state index contributed by atoms with van der Waals surface area (Å²) in [6.45, 7) is 0.890. The molecule has 2 aromatic heterocycles. The van der Waals surface area contributed by atoms with Crippen LogP contribution in [0.25, 0.3) is 21.5 Å². The Morgan fingerprint density at radius 2 is 2.03 bits per heavy atom. The van der Waals surface area contributed by atoms with Crippen LogP contribution >= 0.6 is 11.3 Å². The number of thiophene rings is 1. The van der Waals surface area contributed by atoms with E-state index in [-0.39, 0.29) is 23.9 Å². The Balaban J connectivity index is 1.21. The largest absolute Gasteiger partial charge is 0.495 e. The topological polar surface area (TPSA) is 141 Å². The number of hydrogen-bond donors (Lipinski definition) is 2. The lowest BCUT2D eigenvalue weighted by Gasteiger charge is -2.44. The summed E-state index contributed by atoms with van der Waals surface area (Å²) in [7, 11) is 1.59. The molecule has 1 fully saturated rings. The van der Waals surface area contributed by atoms with Crippen molar-refractivity contribution >= 4 is 38.1 Å². The highest BCUT2D eigenvalue weighted by Crippen LogP contribution is 2.43. The number of ether oxygens (including phenoxy) is 2. The van der Waals surface area contributed by atoms with Gasteiger partial charge in [-0.25, -0.2) is 4.79 Å². The second kappa shape index (κ2) is 8.23. The maximum Gasteiger partial charge on any atom is 0.439 e. The van der Waals surface area contributed by atoms with Gasteiger partial charge < -0.3 is 20.1 Å². The molecule has 1 amide bonds. The number of ketones is 1. The van der Waals surface area contributed by atoms with Crippen LogP contribution in [0.15, 0.2) is 45.7 Å². The summed E-state index contributed by atoms with van der Waals surface area (Å²) in [5.41, 5.74) is 7.09. The van der Waals surface area contributed by atoms with Crippen molar-refractivity contribution in [2.45, 2.75) is 24.9 Å². The first-order valence-electron chi connectivity index (χ1n) is 11.4. The van der Waals surface area contributed by atoms with Crippen molar-refractivity contribution in [2.75, 3.05) is 25.9 Å². The molecule has 2 aliphatic rings. The fraction of sp³-hybridized carbons (Fsp3) is 0.280. The van der Waals surface area contributed by atoms with E-state index in [1.165, 1.54) is 11.3 Å². The van der Waals surface area contributed by atoms with Gasteiger partial charge in [0.05, 0.1) is 34.4 Å². The van der Waals surface area contributed by atoms with Gasteiger partial charge in [-0.3, -0.25) is 19.1 Å². The Hall–Kier alpha value is -4.12. The summed E-state index contributed by atoms with van der Waals surface area (Å²) in [5.74, 6) is 0.578. The number of hydrogen-bond acceptors (Lipinski definition) is 9. The number of benzene rings is 2. The number of methoxy groups -OCH3 is 1. The molecular weight excluding hydrogens is 484 g/mol. The molecule has 0 unspecified atom stereocenters. The van der Waals surface area contributed by atoms with Gasteiger partial charge in [0.25, 0.3) is 5.91 Å². The number of rotatable bonds is 3. The van der Waals surface area contributed by atoms with Gasteiger partial charge in [-0.15, -0.1) is 11.3 Å². The second-order valence-electron chi connectivity index (χ2n) is 9.01. The Morgan fingerprint density at radius 1 is 1.22 bits per heavy atom. The number of nitrogens with zero attached hydrogens (tertiary/aromatic N) is 2. The van der Waals surface area contributed by atoms with Gasteiger partial charge in [0, 0.05) is 36.9 Å². The Bertz CT molecular complexity index is 1580. The van der Waals surface area contributed by atoms with Crippen molar-refractivity contribution in [3.05, 3.63) is 58.1 Å². The van der Waals surface area contributed by atoms with Crippen molar-refractivity contribution in [1.29, 1.82) is 0 Å². The minimum atomic E-state index is -0.671. The Morgan fingerprint density at radius 3 is 2.75 bits per heavy atom. The molecule has 0 aliphatic carbocycles. The number of fused-ring (bicyclic) bond motifs is 2. The van der Waals surface area contributed by atoms with E-state index in [4.69, 9.17) is 15.2 Å². The maximum absolute atomic E-state index is 13.5. The van der Waals surface area contributed by atoms with Crippen LogP contribution in [0.2, 0.25) is 0 Å². The molecule has 2 aliphatic heterocycles. The molecule has 1 saturated heterocycles. The molecule has 10 nitrogen and oxygen atoms in total. The van der Waals surface area contributed by atoms with Crippen LogP contribution in [0.4, 0.5) is 5.00 Å². The molecule has 1 spiro atoms. The van der Waals surface area contributed by atoms with E-state index in [2.05, 4.69) is 14.7 Å². The molecule has 184 valence electrons. The first-order valence-corrected chi connectivity index (χ1v) is 12.3. The zero-order valence-corrected chi connectivity index (χ0v) is 20.1.